The van der Waals surface area contributed by atoms with Gasteiger partial charge in [0, 0.05) is 19.6 Å². The first-order chi connectivity index (χ1) is 17.8. The summed E-state index contributed by atoms with van der Waals surface area (Å²) in [4.78, 5) is 5.42. The summed E-state index contributed by atoms with van der Waals surface area (Å²) in [7, 11) is -1.83. The third kappa shape index (κ3) is 3.73. The summed E-state index contributed by atoms with van der Waals surface area (Å²) in [5.41, 5.74) is 3.81. The first kappa shape index (κ1) is 22.4. The maximum atomic E-state index is 2.33. The first-order valence-electron chi connectivity index (χ1n) is 12.4. The van der Waals surface area contributed by atoms with Crippen LogP contribution in [-0.2, 0) is 0 Å². The van der Waals surface area contributed by atoms with E-state index in [2.05, 4.69) is 159 Å². The molecule has 0 nitrogen and oxygen atoms in total. The smallest absolute Gasteiger partial charge is 0.0180 e. The molecule has 0 aliphatic heterocycles. The summed E-state index contributed by atoms with van der Waals surface area (Å²) in [5, 5.41) is 2.57. The average Bonchev–Trinajstić information content (AvgIpc) is 2.96. The zero-order valence-corrected chi connectivity index (χ0v) is 21.2. The Hall–Kier alpha value is -4.07. The summed E-state index contributed by atoms with van der Waals surface area (Å²) in [5.74, 6) is 0. The molecule has 0 fully saturated rings. The van der Waals surface area contributed by atoms with Crippen LogP contribution in [0.3, 0.4) is 0 Å². The standard InChI is InChI=1S/C35H28S/c1-27-21-23-29(24-22-27)34-26-25-28-13-11-12-20-33(28)35(34)36(30-14-5-2-6-15-30,31-16-7-3-8-17-31)32-18-9-4-10-19-32/h2-26H,1H3. The number of fused-ring (bicyclic) bond motifs is 1. The van der Waals surface area contributed by atoms with E-state index in [4.69, 9.17) is 0 Å². The Kier molecular flexibility index (Phi) is 5.93. The molecule has 6 aromatic rings. The molecule has 36 heavy (non-hydrogen) atoms. The van der Waals surface area contributed by atoms with Crippen molar-refractivity contribution < 1.29 is 0 Å². The van der Waals surface area contributed by atoms with E-state index in [-0.39, 0.29) is 0 Å². The van der Waals surface area contributed by atoms with Crippen molar-refractivity contribution in [1.82, 2.24) is 0 Å². The first-order valence-corrected chi connectivity index (χ1v) is 14.0. The van der Waals surface area contributed by atoms with Crippen LogP contribution in [0, 0.1) is 6.92 Å². The number of benzene rings is 6. The lowest BCUT2D eigenvalue weighted by atomic mass is 10.0. The molecular formula is C35H28S. The molecule has 0 saturated carbocycles. The maximum absolute atomic E-state index is 2.33. The molecule has 0 heterocycles. The molecule has 0 aromatic heterocycles. The van der Waals surface area contributed by atoms with Crippen LogP contribution >= 0.6 is 10.0 Å². The van der Waals surface area contributed by atoms with Crippen molar-refractivity contribution in [3.05, 3.63) is 157 Å². The van der Waals surface area contributed by atoms with Gasteiger partial charge < -0.3 is 0 Å². The van der Waals surface area contributed by atoms with Gasteiger partial charge in [-0.05, 0) is 65.2 Å². The van der Waals surface area contributed by atoms with Crippen molar-refractivity contribution in [3.8, 4) is 11.1 Å². The minimum Gasteiger partial charge on any atom is -0.132 e. The number of aryl methyl sites for hydroxylation is 1. The third-order valence-electron chi connectivity index (χ3n) is 6.84. The monoisotopic (exact) mass is 480 g/mol. The SMILES string of the molecule is Cc1ccc(-c2ccc3ccccc3c2S(c2ccccc2)(c2ccccc2)c2ccccc2)cc1. The molecule has 174 valence electrons. The molecule has 0 aliphatic carbocycles. The van der Waals surface area contributed by atoms with E-state index in [0.29, 0.717) is 0 Å². The summed E-state index contributed by atoms with van der Waals surface area (Å²) in [6, 6.07) is 55.8. The van der Waals surface area contributed by atoms with E-state index in [1.165, 1.54) is 47.0 Å². The lowest BCUT2D eigenvalue weighted by Crippen LogP contribution is -2.07. The second kappa shape index (κ2) is 9.53. The molecular weight excluding hydrogens is 452 g/mol. The molecule has 0 amide bonds. The van der Waals surface area contributed by atoms with Crippen LogP contribution in [0.4, 0.5) is 0 Å². The number of rotatable bonds is 5. The number of hydrogen-bond donors (Lipinski definition) is 0. The summed E-state index contributed by atoms with van der Waals surface area (Å²) < 4.78 is 0. The van der Waals surface area contributed by atoms with Crippen LogP contribution in [0.5, 0.6) is 0 Å². The van der Waals surface area contributed by atoms with Gasteiger partial charge in [0.25, 0.3) is 0 Å². The number of hydrogen-bond acceptors (Lipinski definition) is 0. The van der Waals surface area contributed by atoms with Crippen LogP contribution in [0.15, 0.2) is 171 Å². The summed E-state index contributed by atoms with van der Waals surface area (Å²) in [6.45, 7) is 2.15. The van der Waals surface area contributed by atoms with E-state index in [0.717, 1.165) is 0 Å². The third-order valence-corrected chi connectivity index (χ3v) is 10.8. The molecule has 6 rings (SSSR count). The van der Waals surface area contributed by atoms with E-state index in [1.807, 2.05) is 0 Å². The van der Waals surface area contributed by atoms with Gasteiger partial charge in [-0.25, -0.2) is 0 Å². The predicted octanol–water partition coefficient (Wildman–Crippen LogP) is 10.2. The van der Waals surface area contributed by atoms with E-state index >= 15 is 0 Å². The Bertz CT molecular complexity index is 1510. The lowest BCUT2D eigenvalue weighted by Gasteiger charge is -2.44. The van der Waals surface area contributed by atoms with Crippen molar-refractivity contribution in [2.45, 2.75) is 26.5 Å². The van der Waals surface area contributed by atoms with E-state index in [9.17, 15) is 0 Å². The fraction of sp³-hybridized carbons (Fsp3) is 0.0286. The van der Waals surface area contributed by atoms with Gasteiger partial charge in [0.15, 0.2) is 0 Å². The molecule has 0 bridgehead atoms. The fourth-order valence-electron chi connectivity index (χ4n) is 5.17. The van der Waals surface area contributed by atoms with E-state index in [1.54, 1.807) is 0 Å². The second-order valence-corrected chi connectivity index (χ2v) is 12.1. The lowest BCUT2D eigenvalue weighted by molar-refractivity contribution is 1.26. The molecule has 0 spiro atoms. The molecule has 1 heteroatoms. The zero-order chi connectivity index (χ0) is 24.4. The normalized spacial score (nSPS) is 11.9. The molecule has 6 aromatic carbocycles. The minimum atomic E-state index is -1.83. The summed E-state index contributed by atoms with van der Waals surface area (Å²) >= 11 is 0. The quantitative estimate of drug-likeness (QED) is 0.230. The minimum absolute atomic E-state index is 1.25. The molecule has 0 aliphatic rings. The highest BCUT2D eigenvalue weighted by Crippen LogP contribution is 2.76. The average molecular weight is 481 g/mol. The van der Waals surface area contributed by atoms with Gasteiger partial charge in [-0.15, -0.1) is 10.0 Å². The molecule has 0 N–H and O–H groups in total. The van der Waals surface area contributed by atoms with Crippen LogP contribution in [-0.4, -0.2) is 0 Å². The van der Waals surface area contributed by atoms with Crippen molar-refractivity contribution in [2.24, 2.45) is 0 Å². The topological polar surface area (TPSA) is 0 Å². The largest absolute Gasteiger partial charge is 0.132 e. The molecule has 0 saturated heterocycles. The Morgan fingerprint density at radius 3 is 1.42 bits per heavy atom. The van der Waals surface area contributed by atoms with Gasteiger partial charge in [-0.3, -0.25) is 0 Å². The Balaban J connectivity index is 1.86. The molecule has 0 radical (unpaired) electrons. The van der Waals surface area contributed by atoms with Gasteiger partial charge >= 0.3 is 0 Å². The van der Waals surface area contributed by atoms with Gasteiger partial charge in [0.05, 0.1) is 0 Å². The van der Waals surface area contributed by atoms with Crippen LogP contribution in [0.25, 0.3) is 21.9 Å². The highest BCUT2D eigenvalue weighted by molar-refractivity contribution is 8.34. The predicted molar refractivity (Wildman–Crippen MR) is 154 cm³/mol. The second-order valence-electron chi connectivity index (χ2n) is 9.08. The van der Waals surface area contributed by atoms with Gasteiger partial charge in [0.2, 0.25) is 0 Å². The van der Waals surface area contributed by atoms with Crippen molar-refractivity contribution in [2.75, 3.05) is 0 Å². The highest BCUT2D eigenvalue weighted by Gasteiger charge is 2.36. The van der Waals surface area contributed by atoms with E-state index < -0.39 is 10.0 Å². The van der Waals surface area contributed by atoms with Crippen LogP contribution in [0.1, 0.15) is 5.56 Å². The molecule has 0 unspecified atom stereocenters. The Morgan fingerprint density at radius 1 is 0.417 bits per heavy atom. The van der Waals surface area contributed by atoms with Crippen molar-refractivity contribution in [1.29, 1.82) is 0 Å². The fourth-order valence-corrected chi connectivity index (χ4v) is 9.42. The Morgan fingerprint density at radius 2 is 0.889 bits per heavy atom. The zero-order valence-electron chi connectivity index (χ0n) is 20.3. The van der Waals surface area contributed by atoms with Crippen molar-refractivity contribution >= 4 is 20.8 Å². The van der Waals surface area contributed by atoms with Gasteiger partial charge in [0.1, 0.15) is 0 Å². The molecule has 0 atom stereocenters. The van der Waals surface area contributed by atoms with Gasteiger partial charge in [-0.1, -0.05) is 121 Å². The van der Waals surface area contributed by atoms with Crippen LogP contribution in [0.2, 0.25) is 0 Å². The Labute approximate surface area is 215 Å². The maximum Gasteiger partial charge on any atom is 0.0180 e. The highest BCUT2D eigenvalue weighted by atomic mass is 32.3. The summed E-state index contributed by atoms with van der Waals surface area (Å²) in [6.07, 6.45) is 0. The van der Waals surface area contributed by atoms with Gasteiger partial charge in [-0.2, -0.15) is 0 Å². The van der Waals surface area contributed by atoms with Crippen molar-refractivity contribution in [3.63, 3.8) is 0 Å². The van der Waals surface area contributed by atoms with Crippen LogP contribution < -0.4 is 0 Å².